The highest BCUT2D eigenvalue weighted by atomic mass is 19.1. The molecule has 0 bridgehead atoms. The van der Waals surface area contributed by atoms with Gasteiger partial charge in [0.25, 0.3) is 0 Å². The zero-order valence-electron chi connectivity index (χ0n) is 28.2. The maximum atomic E-state index is 16.0. The van der Waals surface area contributed by atoms with Crippen LogP contribution in [0.4, 0.5) is 4.39 Å². The second-order valence-electron chi connectivity index (χ2n) is 14.0. The Balaban J connectivity index is 1.53. The fraction of sp³-hybridized carbons (Fsp3) is 0.700. The summed E-state index contributed by atoms with van der Waals surface area (Å²) in [6.45, 7) is 16.8. The molecule has 2 heteroatoms. The van der Waals surface area contributed by atoms with Gasteiger partial charge in [-0.2, -0.15) is 0 Å². The van der Waals surface area contributed by atoms with Gasteiger partial charge in [-0.1, -0.05) is 92.7 Å². The Morgan fingerprint density at radius 3 is 1.83 bits per heavy atom. The molecule has 2 aliphatic rings. The molecule has 234 valence electrons. The first kappa shape index (κ1) is 33.1. The summed E-state index contributed by atoms with van der Waals surface area (Å²) in [5.41, 5.74) is 7.16. The van der Waals surface area contributed by atoms with Gasteiger partial charge in [0.1, 0.15) is 11.6 Å². The molecule has 2 aliphatic carbocycles. The van der Waals surface area contributed by atoms with Crippen LogP contribution in [0.3, 0.4) is 0 Å². The van der Waals surface area contributed by atoms with E-state index in [-0.39, 0.29) is 5.82 Å². The van der Waals surface area contributed by atoms with Crippen LogP contribution in [0.15, 0.2) is 24.3 Å². The summed E-state index contributed by atoms with van der Waals surface area (Å²) >= 11 is 0. The summed E-state index contributed by atoms with van der Waals surface area (Å²) in [4.78, 5) is 0. The lowest BCUT2D eigenvalue weighted by Crippen LogP contribution is -2.24. The highest BCUT2D eigenvalue weighted by Crippen LogP contribution is 2.45. The average Bonchev–Trinajstić information content (AvgIpc) is 3.03. The number of rotatable bonds is 13. The van der Waals surface area contributed by atoms with Crippen molar-refractivity contribution in [3.8, 4) is 16.9 Å². The summed E-state index contributed by atoms with van der Waals surface area (Å²) in [7, 11) is 0. The lowest BCUT2D eigenvalue weighted by molar-refractivity contribution is 0.165. The maximum absolute atomic E-state index is 16.0. The predicted molar refractivity (Wildman–Crippen MR) is 179 cm³/mol. The third-order valence-electron chi connectivity index (χ3n) is 12.0. The average molecular weight is 577 g/mol. The molecule has 0 heterocycles. The van der Waals surface area contributed by atoms with Crippen LogP contribution in [0.5, 0.6) is 5.75 Å². The first-order valence-corrected chi connectivity index (χ1v) is 17.9. The van der Waals surface area contributed by atoms with E-state index in [1.165, 1.54) is 92.9 Å². The van der Waals surface area contributed by atoms with E-state index in [1.807, 2.05) is 6.07 Å². The van der Waals surface area contributed by atoms with E-state index in [1.54, 1.807) is 0 Å². The van der Waals surface area contributed by atoms with Crippen LogP contribution < -0.4 is 4.74 Å². The van der Waals surface area contributed by atoms with Crippen molar-refractivity contribution in [2.24, 2.45) is 23.2 Å². The van der Waals surface area contributed by atoms with Gasteiger partial charge >= 0.3 is 0 Å². The van der Waals surface area contributed by atoms with E-state index in [0.29, 0.717) is 11.3 Å². The Bertz CT molecular complexity index is 1120. The van der Waals surface area contributed by atoms with Gasteiger partial charge in [0.15, 0.2) is 0 Å². The fourth-order valence-corrected chi connectivity index (χ4v) is 8.62. The highest BCUT2D eigenvalue weighted by Gasteiger charge is 2.31. The van der Waals surface area contributed by atoms with Gasteiger partial charge in [0.05, 0.1) is 6.61 Å². The van der Waals surface area contributed by atoms with Crippen LogP contribution in [0.2, 0.25) is 0 Å². The van der Waals surface area contributed by atoms with Gasteiger partial charge in [-0.25, -0.2) is 4.39 Å². The van der Waals surface area contributed by atoms with E-state index < -0.39 is 0 Å². The normalized spacial score (nSPS) is 23.2. The molecule has 2 saturated carbocycles. The monoisotopic (exact) mass is 576 g/mol. The minimum Gasteiger partial charge on any atom is -0.493 e. The molecule has 2 fully saturated rings. The second-order valence-corrected chi connectivity index (χ2v) is 14.0. The number of ether oxygens (including phenoxy) is 1. The van der Waals surface area contributed by atoms with Crippen molar-refractivity contribution in [2.75, 3.05) is 6.61 Å². The van der Waals surface area contributed by atoms with Crippen molar-refractivity contribution in [3.05, 3.63) is 52.3 Å². The Kier molecular flexibility index (Phi) is 12.0. The molecule has 0 aliphatic heterocycles. The van der Waals surface area contributed by atoms with E-state index in [4.69, 9.17) is 4.74 Å². The van der Waals surface area contributed by atoms with Gasteiger partial charge in [-0.05, 0) is 133 Å². The Hall–Kier alpha value is -1.83. The molecule has 0 saturated heterocycles. The summed E-state index contributed by atoms with van der Waals surface area (Å²) < 4.78 is 22.6. The van der Waals surface area contributed by atoms with Crippen LogP contribution >= 0.6 is 0 Å². The zero-order chi connectivity index (χ0) is 30.3. The second kappa shape index (κ2) is 15.3. The maximum Gasteiger partial charge on any atom is 0.131 e. The first-order chi connectivity index (χ1) is 20.3. The van der Waals surface area contributed by atoms with Crippen molar-refractivity contribution < 1.29 is 9.13 Å². The van der Waals surface area contributed by atoms with E-state index in [2.05, 4.69) is 66.7 Å². The predicted octanol–water partition coefficient (Wildman–Crippen LogP) is 12.3. The highest BCUT2D eigenvalue weighted by molar-refractivity contribution is 5.73. The number of hydrogen-bond donors (Lipinski definition) is 0. The fourth-order valence-electron chi connectivity index (χ4n) is 8.62. The molecule has 0 aromatic heterocycles. The smallest absolute Gasteiger partial charge is 0.131 e. The molecule has 0 atom stereocenters. The lowest BCUT2D eigenvalue weighted by Gasteiger charge is -2.37. The molecular formula is C40H61FO. The molecule has 0 N–H and O–H groups in total. The quantitative estimate of drug-likeness (QED) is 0.230. The summed E-state index contributed by atoms with van der Waals surface area (Å²) in [6, 6.07) is 8.45. The van der Waals surface area contributed by atoms with Gasteiger partial charge in [0.2, 0.25) is 0 Å². The van der Waals surface area contributed by atoms with Crippen molar-refractivity contribution in [1.29, 1.82) is 0 Å². The van der Waals surface area contributed by atoms with Gasteiger partial charge < -0.3 is 4.74 Å². The van der Waals surface area contributed by atoms with Crippen LogP contribution in [0, 0.1) is 29.0 Å². The number of benzene rings is 2. The lowest BCUT2D eigenvalue weighted by atomic mass is 9.68. The summed E-state index contributed by atoms with van der Waals surface area (Å²) in [6.07, 6.45) is 18.1. The summed E-state index contributed by atoms with van der Waals surface area (Å²) in [5.74, 6) is 4.28. The SMILES string of the molecule is CCc1cc(-c2ccc(C3CCC(C4CCC(C)CC4)CC3)cc2F)c(CC)c(CC)c1OCCC(CC)(CC)CC. The number of aryl methyl sites for hydroxylation is 1. The van der Waals surface area contributed by atoms with Gasteiger partial charge in [-0.3, -0.25) is 0 Å². The molecule has 0 amide bonds. The topological polar surface area (TPSA) is 9.23 Å². The Morgan fingerprint density at radius 1 is 0.714 bits per heavy atom. The minimum absolute atomic E-state index is 0.0537. The minimum atomic E-state index is -0.0537. The Labute approximate surface area is 258 Å². The van der Waals surface area contributed by atoms with Crippen LogP contribution in [-0.4, -0.2) is 6.61 Å². The third kappa shape index (κ3) is 7.27. The number of halogens is 1. The third-order valence-corrected chi connectivity index (χ3v) is 12.0. The van der Waals surface area contributed by atoms with E-state index in [9.17, 15) is 0 Å². The molecule has 0 radical (unpaired) electrons. The molecule has 1 nitrogen and oxygen atoms in total. The summed E-state index contributed by atoms with van der Waals surface area (Å²) in [5, 5.41) is 0. The molecular weight excluding hydrogens is 515 g/mol. The van der Waals surface area contributed by atoms with Crippen molar-refractivity contribution in [1.82, 2.24) is 0 Å². The molecule has 2 aromatic rings. The van der Waals surface area contributed by atoms with Gasteiger partial charge in [0, 0.05) is 5.56 Å². The Morgan fingerprint density at radius 2 is 1.31 bits per heavy atom. The van der Waals surface area contributed by atoms with Crippen molar-refractivity contribution in [3.63, 3.8) is 0 Å². The molecule has 42 heavy (non-hydrogen) atoms. The molecule has 4 rings (SSSR count). The molecule has 2 aromatic carbocycles. The van der Waals surface area contributed by atoms with Crippen LogP contribution in [0.1, 0.15) is 154 Å². The first-order valence-electron chi connectivity index (χ1n) is 17.9. The standard InChI is InChI=1S/C40H61FO/c1-8-29-26-37(34(9-2)35(10-3)39(29)42-25-24-40(11-4,12-5)13-6)36-23-22-33(27-38(36)41)32-20-18-31(19-21-32)30-16-14-28(7)15-17-30/h22-23,26-28,30-32H,8-21,24-25H2,1-7H3. The van der Waals surface area contributed by atoms with E-state index in [0.717, 1.165) is 66.9 Å². The molecule has 0 unspecified atom stereocenters. The largest absolute Gasteiger partial charge is 0.493 e. The van der Waals surface area contributed by atoms with Gasteiger partial charge in [-0.15, -0.1) is 0 Å². The van der Waals surface area contributed by atoms with E-state index >= 15 is 4.39 Å². The van der Waals surface area contributed by atoms with Crippen LogP contribution in [-0.2, 0) is 19.3 Å². The zero-order valence-corrected chi connectivity index (χ0v) is 28.2. The van der Waals surface area contributed by atoms with Crippen LogP contribution in [0.25, 0.3) is 11.1 Å². The van der Waals surface area contributed by atoms with Crippen molar-refractivity contribution >= 4 is 0 Å². The number of hydrogen-bond acceptors (Lipinski definition) is 1. The molecule has 0 spiro atoms. The van der Waals surface area contributed by atoms with Crippen molar-refractivity contribution in [2.45, 2.75) is 151 Å².